The fourth-order valence-corrected chi connectivity index (χ4v) is 5.34. The van der Waals surface area contributed by atoms with Gasteiger partial charge in [-0.2, -0.15) is 0 Å². The van der Waals surface area contributed by atoms with Crippen LogP contribution in [-0.4, -0.2) is 85.3 Å². The van der Waals surface area contributed by atoms with Gasteiger partial charge in [-0.1, -0.05) is 51.4 Å². The molecule has 2 amide bonds. The number of aliphatic hydroxyl groups is 5. The molecule has 1 heterocycles. The quantitative estimate of drug-likeness (QED) is 0.337. The van der Waals surface area contributed by atoms with Crippen LogP contribution in [0.1, 0.15) is 52.5 Å². The Morgan fingerprint density at radius 3 is 2.09 bits per heavy atom. The lowest BCUT2D eigenvalue weighted by Crippen LogP contribution is -2.64. The number of likely N-dealkylation sites (tertiary alicyclic amines) is 1. The lowest BCUT2D eigenvalue weighted by molar-refractivity contribution is -0.175. The Labute approximate surface area is 210 Å². The smallest absolute Gasteiger partial charge is 0.252 e. The molecule has 10 heteroatoms. The molecule has 1 saturated heterocycles. The van der Waals surface area contributed by atoms with E-state index in [1.54, 1.807) is 43.0 Å². The number of aliphatic hydroxyl groups excluding tert-OH is 3. The highest BCUT2D eigenvalue weighted by molar-refractivity contribution is 6.30. The van der Waals surface area contributed by atoms with Gasteiger partial charge in [0.15, 0.2) is 0 Å². The summed E-state index contributed by atoms with van der Waals surface area (Å²) in [6.45, 7) is 7.78. The minimum absolute atomic E-state index is 0.234. The van der Waals surface area contributed by atoms with Crippen molar-refractivity contribution in [2.75, 3.05) is 13.1 Å². The summed E-state index contributed by atoms with van der Waals surface area (Å²) in [5.41, 5.74) is -3.31. The average Bonchev–Trinajstić information content (AvgIpc) is 2.77. The highest BCUT2D eigenvalue weighted by Gasteiger charge is 2.52. The lowest BCUT2D eigenvalue weighted by atomic mass is 9.66. The first-order valence-corrected chi connectivity index (χ1v) is 12.3. The van der Waals surface area contributed by atoms with E-state index in [1.807, 2.05) is 13.8 Å². The molecule has 0 spiro atoms. The number of carbonyl (C=O) groups excluding carboxylic acids is 2. The molecule has 9 nitrogen and oxygen atoms in total. The number of rotatable bonds is 5. The second-order valence-corrected chi connectivity index (χ2v) is 11.5. The molecule has 0 radical (unpaired) electrons. The molecule has 35 heavy (non-hydrogen) atoms. The number of benzene rings is 1. The third-order valence-corrected chi connectivity index (χ3v) is 7.86. The number of piperidine rings is 1. The molecule has 1 aromatic carbocycles. The maximum absolute atomic E-state index is 13.5. The normalized spacial score (nSPS) is 33.9. The molecule has 1 saturated carbocycles. The number of hydrogen-bond acceptors (Lipinski definition) is 7. The second kappa shape index (κ2) is 9.95. The third kappa shape index (κ3) is 5.35. The van der Waals surface area contributed by atoms with Gasteiger partial charge in [0.25, 0.3) is 5.91 Å². The average molecular weight is 513 g/mol. The molecular weight excluding hydrogens is 476 g/mol. The Hall–Kier alpha value is -1.75. The molecule has 1 aromatic rings. The van der Waals surface area contributed by atoms with Crippen LogP contribution in [0.25, 0.3) is 0 Å². The zero-order valence-corrected chi connectivity index (χ0v) is 21.4. The summed E-state index contributed by atoms with van der Waals surface area (Å²) in [5.74, 6) is -1.55. The SMILES string of the molecule is CC(C)[C@@H](NC(=O)[C@]1(O)C[C@@H](O)[C@@H](O)[C@@H](O)C1)C(=O)N1CC[C@](O)(c2ccc(Cl)cc2)C(C)(C)C1. The maximum atomic E-state index is 13.5. The zero-order valence-electron chi connectivity index (χ0n) is 20.6. The van der Waals surface area contributed by atoms with E-state index in [9.17, 15) is 35.1 Å². The summed E-state index contributed by atoms with van der Waals surface area (Å²) >= 11 is 6.00. The monoisotopic (exact) mass is 512 g/mol. The van der Waals surface area contributed by atoms with Crippen LogP contribution in [0.4, 0.5) is 0 Å². The molecule has 1 aliphatic carbocycles. The third-order valence-electron chi connectivity index (χ3n) is 7.61. The van der Waals surface area contributed by atoms with E-state index in [1.165, 1.54) is 0 Å². The predicted octanol–water partition coefficient (Wildman–Crippen LogP) is 0.535. The van der Waals surface area contributed by atoms with Crippen LogP contribution in [0, 0.1) is 11.3 Å². The molecule has 0 bridgehead atoms. The first-order chi connectivity index (χ1) is 16.1. The van der Waals surface area contributed by atoms with Crippen molar-refractivity contribution in [3.63, 3.8) is 0 Å². The molecule has 1 aliphatic heterocycles. The molecule has 6 atom stereocenters. The number of nitrogens with one attached hydrogen (secondary N) is 1. The van der Waals surface area contributed by atoms with Gasteiger partial charge in [-0.15, -0.1) is 0 Å². The van der Waals surface area contributed by atoms with Crippen LogP contribution in [-0.2, 0) is 15.2 Å². The Morgan fingerprint density at radius 2 is 1.60 bits per heavy atom. The summed E-state index contributed by atoms with van der Waals surface area (Å²) in [6, 6.07) is 6.03. The van der Waals surface area contributed by atoms with Gasteiger partial charge >= 0.3 is 0 Å². The number of hydrogen-bond donors (Lipinski definition) is 6. The minimum atomic E-state index is -2.12. The van der Waals surface area contributed by atoms with Crippen LogP contribution in [0.15, 0.2) is 24.3 Å². The fraction of sp³-hybridized carbons (Fsp3) is 0.680. The number of halogens is 1. The van der Waals surface area contributed by atoms with E-state index in [0.29, 0.717) is 10.6 Å². The van der Waals surface area contributed by atoms with Crippen molar-refractivity contribution < 1.29 is 35.1 Å². The van der Waals surface area contributed by atoms with Gasteiger partial charge in [0.05, 0.1) is 17.8 Å². The summed E-state index contributed by atoms with van der Waals surface area (Å²) in [7, 11) is 0. The van der Waals surface area contributed by atoms with E-state index in [2.05, 4.69) is 5.32 Å². The molecule has 3 rings (SSSR count). The van der Waals surface area contributed by atoms with Gasteiger partial charge in [-0.05, 0) is 30.0 Å². The molecule has 196 valence electrons. The molecule has 6 N–H and O–H groups in total. The number of amides is 2. The van der Waals surface area contributed by atoms with Gasteiger partial charge in [0, 0.05) is 36.4 Å². The topological polar surface area (TPSA) is 151 Å². The van der Waals surface area contributed by atoms with Crippen molar-refractivity contribution in [1.29, 1.82) is 0 Å². The van der Waals surface area contributed by atoms with Crippen molar-refractivity contribution in [2.45, 2.75) is 82.5 Å². The molecule has 2 aliphatic rings. The van der Waals surface area contributed by atoms with Gasteiger partial charge in [-0.3, -0.25) is 9.59 Å². The van der Waals surface area contributed by atoms with Crippen LogP contribution in [0.5, 0.6) is 0 Å². The summed E-state index contributed by atoms with van der Waals surface area (Å²) in [4.78, 5) is 28.1. The van der Waals surface area contributed by atoms with Gasteiger partial charge < -0.3 is 35.7 Å². The van der Waals surface area contributed by atoms with Crippen LogP contribution >= 0.6 is 11.6 Å². The van der Waals surface area contributed by atoms with Crippen molar-refractivity contribution in [1.82, 2.24) is 10.2 Å². The summed E-state index contributed by atoms with van der Waals surface area (Å²) < 4.78 is 0. The van der Waals surface area contributed by atoms with E-state index < -0.39 is 59.7 Å². The summed E-state index contributed by atoms with van der Waals surface area (Å²) in [5, 5.41) is 55.2. The molecule has 0 unspecified atom stereocenters. The minimum Gasteiger partial charge on any atom is -0.390 e. The van der Waals surface area contributed by atoms with Crippen LogP contribution < -0.4 is 5.32 Å². The number of carbonyl (C=O) groups is 2. The first kappa shape index (κ1) is 27.8. The van der Waals surface area contributed by atoms with Crippen LogP contribution in [0.2, 0.25) is 5.02 Å². The maximum Gasteiger partial charge on any atom is 0.252 e. The molecule has 0 aromatic heterocycles. The van der Waals surface area contributed by atoms with Gasteiger partial charge in [0.1, 0.15) is 17.7 Å². The second-order valence-electron chi connectivity index (χ2n) is 11.0. The zero-order chi connectivity index (χ0) is 26.3. The van der Waals surface area contributed by atoms with Crippen molar-refractivity contribution in [3.05, 3.63) is 34.9 Å². The highest BCUT2D eigenvalue weighted by Crippen LogP contribution is 2.46. The standard InChI is InChI=1S/C25H37ClN2O7/c1-14(2)19(27-22(33)24(34)11-17(29)20(31)18(30)12-24)21(32)28-10-9-25(35,23(3,4)13-28)15-5-7-16(26)8-6-15/h5-8,14,17-20,29-31,34-35H,9-13H2,1-4H3,(H,27,33)/t17-,18+,19-,20-,24+,25+/m1/s1. The molecule has 2 fully saturated rings. The van der Waals surface area contributed by atoms with Gasteiger partial charge in [-0.25, -0.2) is 0 Å². The van der Waals surface area contributed by atoms with Crippen molar-refractivity contribution >= 4 is 23.4 Å². The van der Waals surface area contributed by atoms with E-state index in [0.717, 1.165) is 0 Å². The largest absolute Gasteiger partial charge is 0.390 e. The number of nitrogens with zero attached hydrogens (tertiary/aromatic N) is 1. The Bertz CT molecular complexity index is 926. The Morgan fingerprint density at radius 1 is 1.06 bits per heavy atom. The van der Waals surface area contributed by atoms with Crippen molar-refractivity contribution in [3.8, 4) is 0 Å². The Kier molecular flexibility index (Phi) is 7.91. The first-order valence-electron chi connectivity index (χ1n) is 12.0. The highest BCUT2D eigenvalue weighted by atomic mass is 35.5. The Balaban J connectivity index is 1.75. The van der Waals surface area contributed by atoms with Crippen LogP contribution in [0.3, 0.4) is 0 Å². The molecular formula is C25H37ClN2O7. The fourth-order valence-electron chi connectivity index (χ4n) is 5.22. The van der Waals surface area contributed by atoms with E-state index in [-0.39, 0.29) is 31.3 Å². The predicted molar refractivity (Wildman–Crippen MR) is 129 cm³/mol. The van der Waals surface area contributed by atoms with E-state index in [4.69, 9.17) is 11.6 Å². The van der Waals surface area contributed by atoms with E-state index >= 15 is 0 Å². The van der Waals surface area contributed by atoms with Crippen molar-refractivity contribution in [2.24, 2.45) is 11.3 Å². The summed E-state index contributed by atoms with van der Waals surface area (Å²) in [6.07, 6.45) is -5.04. The van der Waals surface area contributed by atoms with Gasteiger partial charge in [0.2, 0.25) is 5.91 Å². The lowest BCUT2D eigenvalue weighted by Gasteiger charge is -2.51.